The van der Waals surface area contributed by atoms with Crippen LogP contribution in [0.25, 0.3) is 0 Å². The van der Waals surface area contributed by atoms with E-state index in [1.165, 1.54) is 12.1 Å². The van der Waals surface area contributed by atoms with Crippen molar-refractivity contribution in [2.24, 2.45) is 0 Å². The molecule has 0 saturated carbocycles. The molecule has 8 nitrogen and oxygen atoms in total. The molecule has 1 heterocycles. The number of aliphatic carboxylic acids is 1. The number of hydrogen-bond donors (Lipinski definition) is 2. The molecule has 0 bridgehead atoms. The molecule has 0 saturated heterocycles. The lowest BCUT2D eigenvalue weighted by Crippen LogP contribution is -2.39. The third kappa shape index (κ3) is 4.98. The zero-order chi connectivity index (χ0) is 26.8. The fourth-order valence-electron chi connectivity index (χ4n) is 5.72. The number of benzene rings is 2. The lowest BCUT2D eigenvalue weighted by atomic mass is 9.71. The summed E-state index contributed by atoms with van der Waals surface area (Å²) >= 11 is 0. The first-order chi connectivity index (χ1) is 18.3. The molecule has 0 atom stereocenters. The minimum absolute atomic E-state index is 0.00587. The molecule has 2 aromatic rings. The number of carboxylic acids is 2. The summed E-state index contributed by atoms with van der Waals surface area (Å²) in [5.41, 5.74) is 4.73. The third-order valence-corrected chi connectivity index (χ3v) is 7.43. The van der Waals surface area contributed by atoms with Crippen molar-refractivity contribution in [1.29, 1.82) is 0 Å². The highest BCUT2D eigenvalue weighted by molar-refractivity contribution is 6.06. The van der Waals surface area contributed by atoms with Crippen LogP contribution in [0.1, 0.15) is 72.3 Å². The molecule has 196 valence electrons. The fraction of sp³-hybridized carbons (Fsp3) is 0.333. The highest BCUT2D eigenvalue weighted by atomic mass is 16.5. The topological polar surface area (TPSA) is 121 Å². The van der Waals surface area contributed by atoms with E-state index in [2.05, 4.69) is 0 Å². The number of carboxylic acid groups (broad SMARTS) is 2. The van der Waals surface area contributed by atoms with Gasteiger partial charge in [-0.15, -0.1) is 0 Å². The minimum Gasteiger partial charge on any atom is -0.489 e. The van der Waals surface area contributed by atoms with Gasteiger partial charge in [-0.1, -0.05) is 24.3 Å². The number of Topliss-reactive ketones (excluding diaryl/α,β-unsaturated/α-hetero) is 2. The molecular formula is C30H29NO7. The minimum atomic E-state index is -0.990. The summed E-state index contributed by atoms with van der Waals surface area (Å²) in [7, 11) is 0. The maximum atomic E-state index is 13.3. The Bertz CT molecular complexity index is 1330. The van der Waals surface area contributed by atoms with Crippen molar-refractivity contribution in [3.05, 3.63) is 87.8 Å². The van der Waals surface area contributed by atoms with Crippen molar-refractivity contribution in [3.63, 3.8) is 0 Å². The van der Waals surface area contributed by atoms with Gasteiger partial charge in [-0.3, -0.25) is 14.4 Å². The van der Waals surface area contributed by atoms with Crippen LogP contribution >= 0.6 is 0 Å². The second kappa shape index (κ2) is 10.7. The molecule has 0 fully saturated rings. The third-order valence-electron chi connectivity index (χ3n) is 7.43. The second-order valence-corrected chi connectivity index (χ2v) is 9.87. The normalized spacial score (nSPS) is 17.8. The van der Waals surface area contributed by atoms with E-state index in [9.17, 15) is 24.3 Å². The summed E-state index contributed by atoms with van der Waals surface area (Å²) in [6.07, 6.45) is 3.48. The standard InChI is InChI=1S/C30H29NO7/c32-24-8-2-6-22-28(24)27(29-23(7-3-9-25(29)33)31(22)15-14-26(34)35)20-4-1-5-21(16-20)38-17-18-10-12-19(13-11-18)30(36)37/h1,4-5,10-13,16,27H,2-3,6-9,14-15,17H2,(H,34,35)(H,36,37). The zero-order valence-corrected chi connectivity index (χ0v) is 20.9. The maximum Gasteiger partial charge on any atom is 0.335 e. The number of hydrogen-bond acceptors (Lipinski definition) is 6. The van der Waals surface area contributed by atoms with Crippen LogP contribution in [0.3, 0.4) is 0 Å². The van der Waals surface area contributed by atoms with E-state index in [1.807, 2.05) is 29.2 Å². The Labute approximate surface area is 220 Å². The van der Waals surface area contributed by atoms with Crippen LogP contribution in [-0.2, 0) is 21.0 Å². The number of carbonyl (C=O) groups is 4. The second-order valence-electron chi connectivity index (χ2n) is 9.87. The van der Waals surface area contributed by atoms with Gasteiger partial charge in [0, 0.05) is 47.8 Å². The summed E-state index contributed by atoms with van der Waals surface area (Å²) in [6, 6.07) is 13.9. The molecule has 2 N–H and O–H groups in total. The molecule has 5 rings (SSSR count). The summed E-state index contributed by atoms with van der Waals surface area (Å²) < 4.78 is 6.01. The molecular weight excluding hydrogens is 486 g/mol. The van der Waals surface area contributed by atoms with Crippen molar-refractivity contribution in [2.75, 3.05) is 6.54 Å². The van der Waals surface area contributed by atoms with Gasteiger partial charge in [0.15, 0.2) is 11.6 Å². The molecule has 2 aliphatic carbocycles. The Morgan fingerprint density at radius 1 is 0.868 bits per heavy atom. The van der Waals surface area contributed by atoms with Crippen LogP contribution in [0.2, 0.25) is 0 Å². The quantitative estimate of drug-likeness (QED) is 0.512. The number of carbonyl (C=O) groups excluding carboxylic acids is 2. The average Bonchev–Trinajstić information content (AvgIpc) is 2.91. The molecule has 38 heavy (non-hydrogen) atoms. The van der Waals surface area contributed by atoms with E-state index in [1.54, 1.807) is 12.1 Å². The average molecular weight is 516 g/mol. The van der Waals surface area contributed by atoms with Gasteiger partial charge in [-0.05, 0) is 61.1 Å². The largest absolute Gasteiger partial charge is 0.489 e. The first-order valence-corrected chi connectivity index (χ1v) is 12.9. The van der Waals surface area contributed by atoms with Crippen LogP contribution in [0.5, 0.6) is 5.75 Å². The first-order valence-electron chi connectivity index (χ1n) is 12.9. The zero-order valence-electron chi connectivity index (χ0n) is 20.9. The van der Waals surface area contributed by atoms with Gasteiger partial charge >= 0.3 is 11.9 Å². The number of nitrogens with zero attached hydrogens (tertiary/aromatic N) is 1. The highest BCUT2D eigenvalue weighted by Gasteiger charge is 2.43. The van der Waals surface area contributed by atoms with E-state index in [0.717, 1.165) is 22.5 Å². The van der Waals surface area contributed by atoms with Gasteiger partial charge < -0.3 is 19.8 Å². The molecule has 3 aliphatic rings. The predicted molar refractivity (Wildman–Crippen MR) is 138 cm³/mol. The Hall–Kier alpha value is -4.20. The maximum absolute atomic E-state index is 13.3. The number of ether oxygens (including phenoxy) is 1. The van der Waals surface area contributed by atoms with Gasteiger partial charge in [0.05, 0.1) is 12.0 Å². The van der Waals surface area contributed by atoms with Gasteiger partial charge in [0.2, 0.25) is 0 Å². The first kappa shape index (κ1) is 25.4. The van der Waals surface area contributed by atoms with Crippen LogP contribution in [0, 0.1) is 0 Å². The molecule has 2 aromatic carbocycles. The van der Waals surface area contributed by atoms with Gasteiger partial charge in [0.25, 0.3) is 0 Å². The van der Waals surface area contributed by atoms with Crippen molar-refractivity contribution in [3.8, 4) is 5.75 Å². The Morgan fingerprint density at radius 3 is 2.08 bits per heavy atom. The van der Waals surface area contributed by atoms with Crippen molar-refractivity contribution >= 4 is 23.5 Å². The summed E-state index contributed by atoms with van der Waals surface area (Å²) in [4.78, 5) is 51.1. The van der Waals surface area contributed by atoms with E-state index >= 15 is 0 Å². The summed E-state index contributed by atoms with van der Waals surface area (Å²) in [5.74, 6) is -1.81. The Balaban J connectivity index is 1.50. The van der Waals surface area contributed by atoms with E-state index in [4.69, 9.17) is 9.84 Å². The van der Waals surface area contributed by atoms with E-state index in [0.29, 0.717) is 55.4 Å². The van der Waals surface area contributed by atoms with Gasteiger partial charge in [0.1, 0.15) is 12.4 Å². The molecule has 1 aliphatic heterocycles. The van der Waals surface area contributed by atoms with Crippen molar-refractivity contribution < 1.29 is 34.1 Å². The molecule has 8 heteroatoms. The molecule has 0 aromatic heterocycles. The van der Waals surface area contributed by atoms with Gasteiger partial charge in [-0.2, -0.15) is 0 Å². The highest BCUT2D eigenvalue weighted by Crippen LogP contribution is 2.49. The molecule has 0 unspecified atom stereocenters. The number of allylic oxidation sites excluding steroid dienone is 4. The van der Waals surface area contributed by atoms with Crippen LogP contribution in [0.15, 0.2) is 71.1 Å². The Morgan fingerprint density at radius 2 is 1.50 bits per heavy atom. The van der Waals surface area contributed by atoms with Crippen LogP contribution in [-0.4, -0.2) is 45.2 Å². The lowest BCUT2D eigenvalue weighted by molar-refractivity contribution is -0.137. The van der Waals surface area contributed by atoms with E-state index in [-0.39, 0.29) is 36.7 Å². The molecule has 0 radical (unpaired) electrons. The van der Waals surface area contributed by atoms with Gasteiger partial charge in [-0.25, -0.2) is 4.79 Å². The Kier molecular flexibility index (Phi) is 7.13. The smallest absolute Gasteiger partial charge is 0.335 e. The van der Waals surface area contributed by atoms with E-state index < -0.39 is 17.9 Å². The molecule has 0 spiro atoms. The van der Waals surface area contributed by atoms with Crippen molar-refractivity contribution in [2.45, 2.75) is 57.5 Å². The van der Waals surface area contributed by atoms with Crippen LogP contribution < -0.4 is 4.74 Å². The number of aromatic carboxylic acids is 1. The molecule has 0 amide bonds. The fourth-order valence-corrected chi connectivity index (χ4v) is 5.72. The summed E-state index contributed by atoms with van der Waals surface area (Å²) in [6.45, 7) is 0.473. The summed E-state index contributed by atoms with van der Waals surface area (Å²) in [5, 5.41) is 18.4. The van der Waals surface area contributed by atoms with Crippen LogP contribution in [0.4, 0.5) is 0 Å². The number of rotatable bonds is 8. The predicted octanol–water partition coefficient (Wildman–Crippen LogP) is 4.85. The monoisotopic (exact) mass is 515 g/mol. The number of ketones is 2. The SMILES string of the molecule is O=C(O)CCN1C2=C(C(=O)CCC2)C(c2cccc(OCc3ccc(C(=O)O)cc3)c2)C2=C1CCCC2=O. The lowest BCUT2D eigenvalue weighted by Gasteiger charge is -2.44. The van der Waals surface area contributed by atoms with Crippen molar-refractivity contribution in [1.82, 2.24) is 4.90 Å².